The molecule has 1 aromatic rings. The van der Waals surface area contributed by atoms with Gasteiger partial charge in [0.2, 0.25) is 0 Å². The number of thiazole rings is 1. The van der Waals surface area contributed by atoms with Gasteiger partial charge < -0.3 is 5.32 Å². The molecule has 1 rings (SSSR count). The van der Waals surface area contributed by atoms with E-state index in [1.165, 1.54) is 18.3 Å². The highest BCUT2D eigenvalue weighted by Crippen LogP contribution is 2.26. The Morgan fingerprint density at radius 3 is 2.71 bits per heavy atom. The van der Waals surface area contributed by atoms with Crippen molar-refractivity contribution in [1.29, 1.82) is 0 Å². The Bertz CT molecular complexity index is 299. The van der Waals surface area contributed by atoms with Crippen molar-refractivity contribution in [3.63, 3.8) is 0 Å². The van der Waals surface area contributed by atoms with Gasteiger partial charge >= 0.3 is 6.18 Å². The van der Waals surface area contributed by atoms with Gasteiger partial charge in [-0.15, -0.1) is 0 Å². The van der Waals surface area contributed by atoms with Crippen molar-refractivity contribution in [2.24, 2.45) is 0 Å². The van der Waals surface area contributed by atoms with Crippen molar-refractivity contribution >= 4 is 32.4 Å². The summed E-state index contributed by atoms with van der Waals surface area (Å²) in [7, 11) is 0. The first kappa shape index (κ1) is 11.8. The molecule has 0 saturated carbocycles. The lowest BCUT2D eigenvalue weighted by molar-refractivity contribution is -0.136. The minimum absolute atomic E-state index is 0.494. The molecule has 14 heavy (non-hydrogen) atoms. The Balaban J connectivity index is 2.45. The maximum atomic E-state index is 11.9. The summed E-state index contributed by atoms with van der Waals surface area (Å²) in [5, 5.41) is 3.17. The van der Waals surface area contributed by atoms with Gasteiger partial charge in [-0.3, -0.25) is 0 Å². The van der Waals surface area contributed by atoms with E-state index in [4.69, 9.17) is 0 Å². The lowest BCUT2D eigenvalue weighted by Crippen LogP contribution is -2.23. The maximum Gasteiger partial charge on any atom is 0.391 e. The summed E-state index contributed by atoms with van der Waals surface area (Å²) in [5.74, 6) is 0. The van der Waals surface area contributed by atoms with Gasteiger partial charge in [0.05, 0.1) is 16.4 Å². The van der Waals surface area contributed by atoms with Gasteiger partial charge in [0.15, 0.2) is 5.13 Å². The van der Waals surface area contributed by atoms with Crippen molar-refractivity contribution < 1.29 is 13.2 Å². The third kappa shape index (κ3) is 4.28. The van der Waals surface area contributed by atoms with Gasteiger partial charge in [0, 0.05) is 6.04 Å². The minimum Gasteiger partial charge on any atom is -0.359 e. The Hall–Kier alpha value is -0.300. The molecule has 0 radical (unpaired) electrons. The van der Waals surface area contributed by atoms with Crippen molar-refractivity contribution in [3.05, 3.63) is 9.98 Å². The van der Waals surface area contributed by atoms with Crippen molar-refractivity contribution in [2.45, 2.75) is 25.6 Å². The zero-order valence-corrected chi connectivity index (χ0v) is 9.63. The van der Waals surface area contributed by atoms with E-state index in [-0.39, 0.29) is 0 Å². The predicted molar refractivity (Wildman–Crippen MR) is 53.6 cm³/mol. The lowest BCUT2D eigenvalue weighted by atomic mass is 10.2. The Labute approximate surface area is 91.7 Å². The zero-order chi connectivity index (χ0) is 10.8. The molecule has 1 N–H and O–H groups in total. The Kier molecular flexibility index (Phi) is 3.77. The first-order valence-electron chi connectivity index (χ1n) is 3.81. The second-order valence-corrected chi connectivity index (χ2v) is 5.24. The standard InChI is InChI=1S/C7H8BrF3N2S/c1-4(2-7(9,10)11)13-6-12-3-5(8)14-6/h3-4H,2H2,1H3,(H,12,13). The van der Waals surface area contributed by atoms with Crippen molar-refractivity contribution in [2.75, 3.05) is 5.32 Å². The highest BCUT2D eigenvalue weighted by molar-refractivity contribution is 9.11. The number of halogens is 4. The molecular formula is C7H8BrF3N2S. The molecule has 0 aliphatic carbocycles. The fourth-order valence-electron chi connectivity index (χ4n) is 0.930. The maximum absolute atomic E-state index is 11.9. The molecule has 1 aromatic heterocycles. The monoisotopic (exact) mass is 288 g/mol. The van der Waals surface area contributed by atoms with Crippen LogP contribution in [0.1, 0.15) is 13.3 Å². The van der Waals surface area contributed by atoms with E-state index in [2.05, 4.69) is 26.2 Å². The van der Waals surface area contributed by atoms with Crippen LogP contribution in [0.4, 0.5) is 18.3 Å². The highest BCUT2D eigenvalue weighted by atomic mass is 79.9. The van der Waals surface area contributed by atoms with E-state index < -0.39 is 18.6 Å². The number of hydrogen-bond acceptors (Lipinski definition) is 3. The number of rotatable bonds is 3. The summed E-state index contributed by atoms with van der Waals surface area (Å²) in [6.45, 7) is 1.47. The number of aromatic nitrogens is 1. The van der Waals surface area contributed by atoms with Crippen LogP contribution in [-0.2, 0) is 0 Å². The van der Waals surface area contributed by atoms with Gasteiger partial charge in [-0.2, -0.15) is 13.2 Å². The first-order valence-corrected chi connectivity index (χ1v) is 5.42. The number of nitrogens with zero attached hydrogens (tertiary/aromatic N) is 1. The number of nitrogens with one attached hydrogen (secondary N) is 1. The average molecular weight is 289 g/mol. The van der Waals surface area contributed by atoms with Crippen LogP contribution >= 0.6 is 27.3 Å². The van der Waals surface area contributed by atoms with E-state index in [1.54, 1.807) is 6.20 Å². The molecule has 7 heteroatoms. The molecule has 2 nitrogen and oxygen atoms in total. The fourth-order valence-corrected chi connectivity index (χ4v) is 2.15. The van der Waals surface area contributed by atoms with Crippen LogP contribution in [0.5, 0.6) is 0 Å². The second-order valence-electron chi connectivity index (χ2n) is 2.83. The summed E-state index contributed by atoms with van der Waals surface area (Å²) in [6.07, 6.45) is -3.45. The van der Waals surface area contributed by atoms with Gasteiger partial charge in [-0.1, -0.05) is 11.3 Å². The number of alkyl halides is 3. The first-order chi connectivity index (χ1) is 6.37. The Morgan fingerprint density at radius 1 is 1.64 bits per heavy atom. The molecule has 0 bridgehead atoms. The van der Waals surface area contributed by atoms with Crippen LogP contribution in [0.2, 0.25) is 0 Å². The summed E-state index contributed by atoms with van der Waals surface area (Å²) < 4.78 is 36.6. The molecule has 0 spiro atoms. The van der Waals surface area contributed by atoms with Crippen molar-refractivity contribution in [1.82, 2.24) is 4.98 Å². The highest BCUT2D eigenvalue weighted by Gasteiger charge is 2.30. The third-order valence-electron chi connectivity index (χ3n) is 1.38. The van der Waals surface area contributed by atoms with E-state index >= 15 is 0 Å². The van der Waals surface area contributed by atoms with Crippen LogP contribution < -0.4 is 5.32 Å². The van der Waals surface area contributed by atoms with Gasteiger partial charge in [0.1, 0.15) is 0 Å². The summed E-state index contributed by atoms with van der Waals surface area (Å²) in [6, 6.07) is -0.659. The largest absolute Gasteiger partial charge is 0.391 e. The van der Waals surface area contributed by atoms with Crippen LogP contribution in [-0.4, -0.2) is 17.2 Å². The summed E-state index contributed by atoms with van der Waals surface area (Å²) in [4.78, 5) is 3.88. The molecule has 1 heterocycles. The normalized spacial score (nSPS) is 14.1. The fraction of sp³-hybridized carbons (Fsp3) is 0.571. The number of anilines is 1. The molecule has 1 unspecified atom stereocenters. The molecule has 0 amide bonds. The minimum atomic E-state index is -4.14. The molecule has 0 aliphatic heterocycles. The van der Waals surface area contributed by atoms with E-state index in [0.29, 0.717) is 5.13 Å². The average Bonchev–Trinajstić information content (AvgIpc) is 2.30. The Morgan fingerprint density at radius 2 is 2.29 bits per heavy atom. The molecular weight excluding hydrogens is 281 g/mol. The molecule has 0 aliphatic rings. The van der Waals surface area contributed by atoms with E-state index in [0.717, 1.165) is 3.79 Å². The van der Waals surface area contributed by atoms with Crippen molar-refractivity contribution in [3.8, 4) is 0 Å². The van der Waals surface area contributed by atoms with Crippen LogP contribution in [0.25, 0.3) is 0 Å². The van der Waals surface area contributed by atoms with Crippen LogP contribution in [0.3, 0.4) is 0 Å². The van der Waals surface area contributed by atoms with Gasteiger partial charge in [-0.05, 0) is 22.9 Å². The lowest BCUT2D eigenvalue weighted by Gasteiger charge is -2.14. The van der Waals surface area contributed by atoms with Crippen LogP contribution in [0.15, 0.2) is 9.98 Å². The molecule has 0 aromatic carbocycles. The topological polar surface area (TPSA) is 24.9 Å². The zero-order valence-electron chi connectivity index (χ0n) is 7.23. The smallest absolute Gasteiger partial charge is 0.359 e. The van der Waals surface area contributed by atoms with E-state index in [9.17, 15) is 13.2 Å². The SMILES string of the molecule is CC(CC(F)(F)F)Nc1ncc(Br)s1. The van der Waals surface area contributed by atoms with Gasteiger partial charge in [0.25, 0.3) is 0 Å². The van der Waals surface area contributed by atoms with Gasteiger partial charge in [-0.25, -0.2) is 4.98 Å². The summed E-state index contributed by atoms with van der Waals surface area (Å²) >= 11 is 4.45. The van der Waals surface area contributed by atoms with Crippen LogP contribution in [0, 0.1) is 0 Å². The second kappa shape index (κ2) is 4.48. The predicted octanol–water partition coefficient (Wildman–Crippen LogP) is 3.66. The van der Waals surface area contributed by atoms with E-state index in [1.807, 2.05) is 0 Å². The number of hydrogen-bond donors (Lipinski definition) is 1. The molecule has 0 saturated heterocycles. The molecule has 80 valence electrons. The molecule has 1 atom stereocenters. The summed E-state index contributed by atoms with van der Waals surface area (Å²) in [5.41, 5.74) is 0. The third-order valence-corrected chi connectivity index (χ3v) is 2.79. The molecule has 0 fully saturated rings. The quantitative estimate of drug-likeness (QED) is 0.918.